The molecule has 3 aromatic heterocycles. The quantitative estimate of drug-likeness (QED) is 0.728. The van der Waals surface area contributed by atoms with Gasteiger partial charge in [0.05, 0.1) is 12.2 Å². The van der Waals surface area contributed by atoms with Crippen LogP contribution in [0, 0.1) is 6.92 Å². The molecule has 1 unspecified atom stereocenters. The highest BCUT2D eigenvalue weighted by molar-refractivity contribution is 5.91. The molecule has 1 amide bonds. The molecule has 0 bridgehead atoms. The van der Waals surface area contributed by atoms with Crippen LogP contribution >= 0.6 is 0 Å². The topological polar surface area (TPSA) is 101 Å². The van der Waals surface area contributed by atoms with Crippen molar-refractivity contribution in [2.45, 2.75) is 19.9 Å². The molecule has 0 aliphatic rings. The predicted octanol–water partition coefficient (Wildman–Crippen LogP) is 0.647. The van der Waals surface area contributed by atoms with E-state index in [1.54, 1.807) is 24.7 Å². The van der Waals surface area contributed by atoms with Gasteiger partial charge in [-0.3, -0.25) is 9.89 Å². The van der Waals surface area contributed by atoms with Gasteiger partial charge >= 0.3 is 0 Å². The summed E-state index contributed by atoms with van der Waals surface area (Å²) in [6, 6.07) is 1.62. The fourth-order valence-electron chi connectivity index (χ4n) is 1.84. The number of nitrogens with one attached hydrogen (secondary N) is 2. The van der Waals surface area contributed by atoms with Gasteiger partial charge in [-0.15, -0.1) is 5.10 Å². The van der Waals surface area contributed by atoms with Gasteiger partial charge in [0.15, 0.2) is 0 Å². The third-order valence-electron chi connectivity index (χ3n) is 3.00. The molecule has 20 heavy (non-hydrogen) atoms. The molecule has 8 heteroatoms. The molecule has 0 saturated heterocycles. The van der Waals surface area contributed by atoms with Crippen molar-refractivity contribution >= 4 is 11.7 Å². The van der Waals surface area contributed by atoms with E-state index in [0.717, 1.165) is 11.3 Å². The lowest BCUT2D eigenvalue weighted by Crippen LogP contribution is -2.27. The summed E-state index contributed by atoms with van der Waals surface area (Å²) < 4.78 is 1.54. The van der Waals surface area contributed by atoms with Crippen LogP contribution in [0.15, 0.2) is 24.7 Å². The molecular weight excluding hydrogens is 258 g/mol. The Balaban J connectivity index is 1.84. The van der Waals surface area contributed by atoms with Crippen LogP contribution in [0.3, 0.4) is 0 Å². The summed E-state index contributed by atoms with van der Waals surface area (Å²) >= 11 is 0. The van der Waals surface area contributed by atoms with Crippen molar-refractivity contribution in [3.8, 4) is 0 Å². The lowest BCUT2D eigenvalue weighted by Gasteiger charge is -2.09. The smallest absolute Gasteiger partial charge is 0.291 e. The van der Waals surface area contributed by atoms with Gasteiger partial charge in [0, 0.05) is 23.7 Å². The minimum atomic E-state index is -0.344. The molecule has 0 saturated carbocycles. The number of hydrogen-bond acceptors (Lipinski definition) is 5. The van der Waals surface area contributed by atoms with E-state index in [4.69, 9.17) is 0 Å². The van der Waals surface area contributed by atoms with E-state index >= 15 is 0 Å². The first-order valence-electron chi connectivity index (χ1n) is 6.13. The number of nitrogens with zero attached hydrogens (tertiary/aromatic N) is 5. The summed E-state index contributed by atoms with van der Waals surface area (Å²) in [7, 11) is 0. The largest absolute Gasteiger partial charge is 0.343 e. The van der Waals surface area contributed by atoms with Crippen molar-refractivity contribution in [3.63, 3.8) is 0 Å². The van der Waals surface area contributed by atoms with Gasteiger partial charge in [-0.1, -0.05) is 0 Å². The van der Waals surface area contributed by atoms with Crippen LogP contribution in [0.5, 0.6) is 0 Å². The van der Waals surface area contributed by atoms with Gasteiger partial charge in [0.1, 0.15) is 0 Å². The van der Waals surface area contributed by atoms with Crippen LogP contribution in [0.4, 0.5) is 0 Å². The van der Waals surface area contributed by atoms with Crippen LogP contribution in [-0.4, -0.2) is 35.7 Å². The van der Waals surface area contributed by atoms with Crippen LogP contribution in [0.1, 0.15) is 34.8 Å². The van der Waals surface area contributed by atoms with Gasteiger partial charge in [0.2, 0.25) is 5.82 Å². The molecule has 8 nitrogen and oxygen atoms in total. The number of H-pyrrole nitrogens is 1. The molecule has 3 rings (SSSR count). The maximum Gasteiger partial charge on any atom is 0.291 e. The lowest BCUT2D eigenvalue weighted by atomic mass is 10.2. The summed E-state index contributed by atoms with van der Waals surface area (Å²) in [5.41, 5.74) is 1.75. The number of aryl methyl sites for hydroxylation is 1. The van der Waals surface area contributed by atoms with E-state index < -0.39 is 0 Å². The summed E-state index contributed by atoms with van der Waals surface area (Å²) in [4.78, 5) is 20.3. The van der Waals surface area contributed by atoms with Crippen molar-refractivity contribution in [2.75, 3.05) is 0 Å². The summed E-state index contributed by atoms with van der Waals surface area (Å²) in [6.07, 6.45) is 5.02. The normalized spacial score (nSPS) is 12.5. The Bertz CT molecular complexity index is 746. The highest BCUT2D eigenvalue weighted by atomic mass is 16.2. The minimum absolute atomic E-state index is 0.0992. The molecule has 0 aromatic carbocycles. The Morgan fingerprint density at radius 2 is 2.35 bits per heavy atom. The molecule has 0 radical (unpaired) electrons. The number of carbonyl (C=O) groups is 1. The van der Waals surface area contributed by atoms with Crippen LogP contribution in [0.25, 0.3) is 5.78 Å². The monoisotopic (exact) mass is 271 g/mol. The van der Waals surface area contributed by atoms with Crippen molar-refractivity contribution in [1.82, 2.24) is 35.1 Å². The van der Waals surface area contributed by atoms with Gasteiger partial charge < -0.3 is 5.32 Å². The van der Waals surface area contributed by atoms with Crippen LogP contribution in [0.2, 0.25) is 0 Å². The molecule has 0 spiro atoms. The highest BCUT2D eigenvalue weighted by Crippen LogP contribution is 2.10. The SMILES string of the molecule is Cc1ccnc2nc(C(=O)NC(C)c3cn[nH]c3)nn12. The van der Waals surface area contributed by atoms with E-state index in [0.29, 0.717) is 5.78 Å². The Labute approximate surface area is 114 Å². The number of aromatic nitrogens is 6. The highest BCUT2D eigenvalue weighted by Gasteiger charge is 2.17. The zero-order valence-electron chi connectivity index (χ0n) is 11.0. The zero-order chi connectivity index (χ0) is 14.1. The standard InChI is InChI=1S/C12H13N7O/c1-7-3-4-13-12-17-10(18-19(7)12)11(20)16-8(2)9-5-14-15-6-9/h3-6,8H,1-2H3,(H,14,15)(H,16,20). The molecule has 1 atom stereocenters. The molecular formula is C12H13N7O. The number of aromatic amines is 1. The Morgan fingerprint density at radius 3 is 3.05 bits per heavy atom. The van der Waals surface area contributed by atoms with Gasteiger partial charge in [-0.2, -0.15) is 10.1 Å². The molecule has 2 N–H and O–H groups in total. The molecule has 102 valence electrons. The van der Waals surface area contributed by atoms with Crippen LogP contribution < -0.4 is 5.32 Å². The summed E-state index contributed by atoms with van der Waals surface area (Å²) in [6.45, 7) is 3.74. The van der Waals surface area contributed by atoms with Crippen molar-refractivity contribution in [1.29, 1.82) is 0 Å². The third kappa shape index (κ3) is 2.11. The van der Waals surface area contributed by atoms with E-state index in [2.05, 4.69) is 30.6 Å². The molecule has 0 fully saturated rings. The molecule has 0 aliphatic carbocycles. The summed E-state index contributed by atoms with van der Waals surface area (Å²) in [5.74, 6) is 0.164. The number of carbonyl (C=O) groups excluding carboxylic acids is 1. The molecule has 3 heterocycles. The van der Waals surface area contributed by atoms with Crippen LogP contribution in [-0.2, 0) is 0 Å². The van der Waals surface area contributed by atoms with E-state index in [1.165, 1.54) is 4.52 Å². The first-order valence-corrected chi connectivity index (χ1v) is 6.13. The molecule has 0 aliphatic heterocycles. The zero-order valence-corrected chi connectivity index (χ0v) is 11.0. The van der Waals surface area contributed by atoms with E-state index in [1.807, 2.05) is 13.8 Å². The number of hydrogen-bond donors (Lipinski definition) is 2. The number of fused-ring (bicyclic) bond motifs is 1. The fraction of sp³-hybridized carbons (Fsp3) is 0.250. The number of rotatable bonds is 3. The first kappa shape index (κ1) is 12.3. The average Bonchev–Trinajstić information content (AvgIpc) is 3.08. The summed E-state index contributed by atoms with van der Waals surface area (Å²) in [5, 5.41) is 13.5. The first-order chi connectivity index (χ1) is 9.65. The minimum Gasteiger partial charge on any atom is -0.343 e. The fourth-order valence-corrected chi connectivity index (χ4v) is 1.84. The maximum absolute atomic E-state index is 12.1. The van der Waals surface area contributed by atoms with Crippen molar-refractivity contribution in [2.24, 2.45) is 0 Å². The van der Waals surface area contributed by atoms with Gasteiger partial charge in [-0.25, -0.2) is 9.50 Å². The number of amides is 1. The van der Waals surface area contributed by atoms with Crippen molar-refractivity contribution < 1.29 is 4.79 Å². The Morgan fingerprint density at radius 1 is 1.50 bits per heavy atom. The van der Waals surface area contributed by atoms with E-state index in [-0.39, 0.29) is 17.8 Å². The van der Waals surface area contributed by atoms with E-state index in [9.17, 15) is 4.79 Å². The second-order valence-electron chi connectivity index (χ2n) is 4.46. The molecule has 3 aromatic rings. The van der Waals surface area contributed by atoms with Gasteiger partial charge in [0.25, 0.3) is 11.7 Å². The second kappa shape index (κ2) is 4.72. The predicted molar refractivity (Wildman–Crippen MR) is 70.0 cm³/mol. The Kier molecular flexibility index (Phi) is 2.90. The lowest BCUT2D eigenvalue weighted by molar-refractivity contribution is 0.0929. The van der Waals surface area contributed by atoms with Crippen molar-refractivity contribution in [3.05, 3.63) is 41.7 Å². The third-order valence-corrected chi connectivity index (χ3v) is 3.00. The second-order valence-corrected chi connectivity index (χ2v) is 4.46. The maximum atomic E-state index is 12.1. The average molecular weight is 271 g/mol. The van der Waals surface area contributed by atoms with Gasteiger partial charge in [-0.05, 0) is 19.9 Å². The Hall–Kier alpha value is -2.77.